The number of hydrogen-bond acceptors (Lipinski definition) is 2. The number of aromatic nitrogens is 1. The summed E-state index contributed by atoms with van der Waals surface area (Å²) in [5, 5.41) is 0.389. The number of hydrogen-bond donors (Lipinski definition) is 0. The summed E-state index contributed by atoms with van der Waals surface area (Å²) in [5.74, 6) is 0.680. The van der Waals surface area contributed by atoms with Crippen molar-refractivity contribution in [2.75, 3.05) is 0 Å². The number of halogens is 1. The zero-order valence-electron chi connectivity index (χ0n) is 8.29. The van der Waals surface area contributed by atoms with E-state index in [1.54, 1.807) is 11.3 Å². The van der Waals surface area contributed by atoms with Crippen LogP contribution >= 0.6 is 22.9 Å². The minimum atomic E-state index is 0.389. The second-order valence-electron chi connectivity index (χ2n) is 4.09. The SMILES string of the molecule is ClC1CCCCCC1Cc1cncs1. The van der Waals surface area contributed by atoms with Gasteiger partial charge in [0.05, 0.1) is 5.51 Å². The molecule has 1 aliphatic carbocycles. The molecule has 0 aromatic carbocycles. The summed E-state index contributed by atoms with van der Waals surface area (Å²) in [6, 6.07) is 0. The molecular formula is C11H16ClNS. The number of thiazole rings is 1. The molecule has 2 unspecified atom stereocenters. The third-order valence-corrected chi connectivity index (χ3v) is 4.39. The smallest absolute Gasteiger partial charge is 0.0794 e. The molecule has 0 N–H and O–H groups in total. The molecule has 1 saturated carbocycles. The molecule has 0 aliphatic heterocycles. The Bertz CT molecular complexity index is 260. The third kappa shape index (κ3) is 2.71. The van der Waals surface area contributed by atoms with Crippen molar-refractivity contribution in [3.63, 3.8) is 0 Å². The van der Waals surface area contributed by atoms with Gasteiger partial charge in [0.2, 0.25) is 0 Å². The van der Waals surface area contributed by atoms with Crippen LogP contribution in [0.2, 0.25) is 0 Å². The van der Waals surface area contributed by atoms with Crippen molar-refractivity contribution in [3.05, 3.63) is 16.6 Å². The summed E-state index contributed by atoms with van der Waals surface area (Å²) in [4.78, 5) is 5.50. The quantitative estimate of drug-likeness (QED) is 0.554. The summed E-state index contributed by atoms with van der Waals surface area (Å²) < 4.78 is 0. The predicted octanol–water partition coefficient (Wildman–Crippen LogP) is 3.87. The average Bonchev–Trinajstić information content (AvgIpc) is 2.60. The van der Waals surface area contributed by atoms with Gasteiger partial charge in [0, 0.05) is 16.5 Å². The first-order valence-corrected chi connectivity index (χ1v) is 6.69. The van der Waals surface area contributed by atoms with Crippen molar-refractivity contribution in [1.29, 1.82) is 0 Å². The molecule has 1 fully saturated rings. The Morgan fingerprint density at radius 2 is 2.21 bits per heavy atom. The highest BCUT2D eigenvalue weighted by Crippen LogP contribution is 2.30. The van der Waals surface area contributed by atoms with Gasteiger partial charge in [-0.15, -0.1) is 22.9 Å². The fourth-order valence-corrected chi connectivity index (χ4v) is 3.23. The van der Waals surface area contributed by atoms with Crippen molar-refractivity contribution in [1.82, 2.24) is 4.98 Å². The van der Waals surface area contributed by atoms with E-state index >= 15 is 0 Å². The average molecular weight is 230 g/mol. The van der Waals surface area contributed by atoms with E-state index in [1.165, 1.54) is 37.0 Å². The van der Waals surface area contributed by atoms with Crippen molar-refractivity contribution in [2.45, 2.75) is 43.9 Å². The molecule has 1 aromatic rings. The molecule has 1 heterocycles. The van der Waals surface area contributed by atoms with Crippen LogP contribution in [0.3, 0.4) is 0 Å². The van der Waals surface area contributed by atoms with Gasteiger partial charge in [-0.1, -0.05) is 19.3 Å². The topological polar surface area (TPSA) is 12.9 Å². The lowest BCUT2D eigenvalue weighted by Gasteiger charge is -2.18. The standard InChI is InChI=1S/C11H16ClNS/c12-11-5-3-1-2-4-9(11)6-10-7-13-8-14-10/h7-9,11H,1-6H2. The summed E-state index contributed by atoms with van der Waals surface area (Å²) in [6.45, 7) is 0. The van der Waals surface area contributed by atoms with Gasteiger partial charge in [-0.3, -0.25) is 4.98 Å². The van der Waals surface area contributed by atoms with E-state index < -0.39 is 0 Å². The van der Waals surface area contributed by atoms with Crippen LogP contribution in [0, 0.1) is 5.92 Å². The lowest BCUT2D eigenvalue weighted by Crippen LogP contribution is -2.15. The summed E-state index contributed by atoms with van der Waals surface area (Å²) in [6.07, 6.45) is 9.65. The van der Waals surface area contributed by atoms with Gasteiger partial charge in [-0.2, -0.15) is 0 Å². The number of alkyl halides is 1. The molecule has 1 aliphatic rings. The molecule has 2 atom stereocenters. The lowest BCUT2D eigenvalue weighted by molar-refractivity contribution is 0.468. The highest BCUT2D eigenvalue weighted by molar-refractivity contribution is 7.09. The Balaban J connectivity index is 1.94. The molecule has 0 amide bonds. The van der Waals surface area contributed by atoms with Crippen LogP contribution in [-0.2, 0) is 6.42 Å². The second-order valence-corrected chi connectivity index (χ2v) is 5.62. The number of nitrogens with zero attached hydrogens (tertiary/aromatic N) is 1. The maximum atomic E-state index is 6.39. The first kappa shape index (κ1) is 10.4. The molecule has 0 radical (unpaired) electrons. The van der Waals surface area contributed by atoms with Gasteiger partial charge < -0.3 is 0 Å². The van der Waals surface area contributed by atoms with E-state index in [9.17, 15) is 0 Å². The normalized spacial score (nSPS) is 28.6. The van der Waals surface area contributed by atoms with Gasteiger partial charge in [0.15, 0.2) is 0 Å². The van der Waals surface area contributed by atoms with Crippen molar-refractivity contribution < 1.29 is 0 Å². The Hall–Kier alpha value is -0.0800. The molecule has 2 rings (SSSR count). The zero-order valence-corrected chi connectivity index (χ0v) is 9.86. The molecule has 1 aromatic heterocycles. The summed E-state index contributed by atoms with van der Waals surface area (Å²) >= 11 is 8.14. The van der Waals surface area contributed by atoms with E-state index in [1.807, 2.05) is 11.7 Å². The lowest BCUT2D eigenvalue weighted by atomic mass is 9.96. The molecule has 78 valence electrons. The van der Waals surface area contributed by atoms with E-state index in [0.29, 0.717) is 11.3 Å². The minimum absolute atomic E-state index is 0.389. The maximum absolute atomic E-state index is 6.39. The fraction of sp³-hybridized carbons (Fsp3) is 0.727. The van der Waals surface area contributed by atoms with Crippen molar-refractivity contribution in [3.8, 4) is 0 Å². The highest BCUT2D eigenvalue weighted by atomic mass is 35.5. The van der Waals surface area contributed by atoms with Crippen molar-refractivity contribution >= 4 is 22.9 Å². The third-order valence-electron chi connectivity index (χ3n) is 3.01. The van der Waals surface area contributed by atoms with E-state index in [4.69, 9.17) is 11.6 Å². The van der Waals surface area contributed by atoms with Gasteiger partial charge >= 0.3 is 0 Å². The maximum Gasteiger partial charge on any atom is 0.0794 e. The van der Waals surface area contributed by atoms with E-state index in [-0.39, 0.29) is 0 Å². The molecule has 0 bridgehead atoms. The van der Waals surface area contributed by atoms with Crippen LogP contribution in [0.15, 0.2) is 11.7 Å². The Labute approximate surface area is 94.5 Å². The Morgan fingerprint density at radius 1 is 1.36 bits per heavy atom. The van der Waals surface area contributed by atoms with Crippen LogP contribution in [0.4, 0.5) is 0 Å². The molecular weight excluding hydrogens is 214 g/mol. The van der Waals surface area contributed by atoms with Crippen LogP contribution in [0.1, 0.15) is 37.0 Å². The molecule has 14 heavy (non-hydrogen) atoms. The van der Waals surface area contributed by atoms with E-state index in [0.717, 1.165) is 6.42 Å². The van der Waals surface area contributed by atoms with E-state index in [2.05, 4.69) is 4.98 Å². The van der Waals surface area contributed by atoms with Crippen molar-refractivity contribution in [2.24, 2.45) is 5.92 Å². The molecule has 3 heteroatoms. The molecule has 0 saturated heterocycles. The Morgan fingerprint density at radius 3 is 3.00 bits per heavy atom. The Kier molecular flexibility index (Phi) is 3.82. The number of rotatable bonds is 2. The second kappa shape index (κ2) is 5.13. The van der Waals surface area contributed by atoms with Gasteiger partial charge in [0.1, 0.15) is 0 Å². The minimum Gasteiger partial charge on any atom is -0.253 e. The summed E-state index contributed by atoms with van der Waals surface area (Å²) in [7, 11) is 0. The first-order chi connectivity index (χ1) is 6.86. The van der Waals surface area contributed by atoms with Crippen LogP contribution < -0.4 is 0 Å². The summed E-state index contributed by atoms with van der Waals surface area (Å²) in [5.41, 5.74) is 1.91. The predicted molar refractivity (Wildman–Crippen MR) is 62.0 cm³/mol. The molecule has 0 spiro atoms. The van der Waals surface area contributed by atoms with Gasteiger partial charge in [-0.05, 0) is 25.2 Å². The zero-order chi connectivity index (χ0) is 9.80. The first-order valence-electron chi connectivity index (χ1n) is 5.37. The highest BCUT2D eigenvalue weighted by Gasteiger charge is 2.22. The monoisotopic (exact) mass is 229 g/mol. The van der Waals surface area contributed by atoms with Crippen LogP contribution in [0.25, 0.3) is 0 Å². The fourth-order valence-electron chi connectivity index (χ4n) is 2.17. The van der Waals surface area contributed by atoms with Crippen LogP contribution in [0.5, 0.6) is 0 Å². The molecule has 1 nitrogen and oxygen atoms in total. The van der Waals surface area contributed by atoms with Gasteiger partial charge in [0.25, 0.3) is 0 Å². The van der Waals surface area contributed by atoms with Crippen LogP contribution in [-0.4, -0.2) is 10.4 Å². The van der Waals surface area contributed by atoms with Gasteiger partial charge in [-0.25, -0.2) is 0 Å². The largest absolute Gasteiger partial charge is 0.253 e.